The summed E-state index contributed by atoms with van der Waals surface area (Å²) in [6, 6.07) is 4.51. The lowest BCUT2D eigenvalue weighted by molar-refractivity contribution is -0.384. The molecule has 9 nitrogen and oxygen atoms in total. The normalized spacial score (nSPS) is 18.5. The number of nitrogens with zero attached hydrogens (tertiary/aromatic N) is 1. The van der Waals surface area contributed by atoms with Crippen LogP contribution in [-0.2, 0) is 9.53 Å². The molecule has 3 N–H and O–H groups in total. The molecule has 1 unspecified atom stereocenters. The maximum Gasteiger partial charge on any atom is 0.308 e. The Morgan fingerprint density at radius 3 is 2.56 bits per heavy atom. The summed E-state index contributed by atoms with van der Waals surface area (Å²) in [6.45, 7) is 1.02. The number of nitro groups is 1. The highest BCUT2D eigenvalue weighted by Crippen LogP contribution is 2.31. The molecule has 0 spiro atoms. The van der Waals surface area contributed by atoms with Crippen molar-refractivity contribution in [2.45, 2.75) is 31.7 Å². The maximum absolute atomic E-state index is 12.4. The zero-order valence-corrected chi connectivity index (χ0v) is 14.8. The number of benzene rings is 1. The van der Waals surface area contributed by atoms with Gasteiger partial charge in [-0.1, -0.05) is 0 Å². The smallest absolute Gasteiger partial charge is 0.308 e. The first kappa shape index (κ1) is 19.1. The Hall–Kier alpha value is -2.68. The van der Waals surface area contributed by atoms with Crippen LogP contribution in [-0.4, -0.2) is 47.7 Å². The lowest BCUT2D eigenvalue weighted by Crippen LogP contribution is -2.39. The Balaban J connectivity index is 1.66. The van der Waals surface area contributed by atoms with E-state index >= 15 is 0 Å². The third-order valence-electron chi connectivity index (χ3n) is 5.03. The average Bonchev–Trinajstić information content (AvgIpc) is 3.46. The van der Waals surface area contributed by atoms with Gasteiger partial charge in [0.2, 0.25) is 0 Å². The highest BCUT2D eigenvalue weighted by Gasteiger charge is 2.30. The Kier molecular flexibility index (Phi) is 5.90. The van der Waals surface area contributed by atoms with Gasteiger partial charge in [-0.25, -0.2) is 0 Å². The molecule has 0 bridgehead atoms. The maximum atomic E-state index is 12.4. The van der Waals surface area contributed by atoms with Crippen LogP contribution in [0.25, 0.3) is 0 Å². The number of nitro benzene ring substituents is 1. The summed E-state index contributed by atoms with van der Waals surface area (Å²) in [6.07, 6.45) is 3.23. The quantitative estimate of drug-likeness (QED) is 0.466. The molecule has 0 aromatic heterocycles. The van der Waals surface area contributed by atoms with Crippen LogP contribution in [0.15, 0.2) is 18.2 Å². The molecule has 1 aromatic carbocycles. The molecular weight excluding hydrogens is 354 g/mol. The lowest BCUT2D eigenvalue weighted by Gasteiger charge is -2.27. The topological polar surface area (TPSA) is 131 Å². The third kappa shape index (κ3) is 4.94. The number of ether oxygens (including phenoxy) is 1. The van der Waals surface area contributed by atoms with Gasteiger partial charge in [-0.2, -0.15) is 0 Å². The summed E-state index contributed by atoms with van der Waals surface area (Å²) in [7, 11) is 0. The van der Waals surface area contributed by atoms with Gasteiger partial charge in [-0.05, 0) is 43.7 Å². The fourth-order valence-corrected chi connectivity index (χ4v) is 3.27. The second kappa shape index (κ2) is 8.34. The summed E-state index contributed by atoms with van der Waals surface area (Å²) in [4.78, 5) is 34.7. The molecule has 1 aromatic rings. The van der Waals surface area contributed by atoms with E-state index in [4.69, 9.17) is 4.74 Å². The number of nitrogens with one attached hydrogen (secondary N) is 2. The second-order valence-electron chi connectivity index (χ2n) is 7.01. The summed E-state index contributed by atoms with van der Waals surface area (Å²) in [5.41, 5.74) is 0.373. The minimum absolute atomic E-state index is 0.0191. The van der Waals surface area contributed by atoms with Gasteiger partial charge < -0.3 is 20.5 Å². The summed E-state index contributed by atoms with van der Waals surface area (Å²) < 4.78 is 5.25. The number of anilines is 1. The van der Waals surface area contributed by atoms with Gasteiger partial charge in [0, 0.05) is 37.4 Å². The van der Waals surface area contributed by atoms with Crippen molar-refractivity contribution in [3.63, 3.8) is 0 Å². The Labute approximate surface area is 156 Å². The number of amides is 1. The molecule has 1 aliphatic carbocycles. The van der Waals surface area contributed by atoms with Gasteiger partial charge in [0.1, 0.15) is 5.69 Å². The van der Waals surface area contributed by atoms with E-state index in [2.05, 4.69) is 10.6 Å². The van der Waals surface area contributed by atoms with Gasteiger partial charge in [0.25, 0.3) is 11.6 Å². The summed E-state index contributed by atoms with van der Waals surface area (Å²) >= 11 is 0. The van der Waals surface area contributed by atoms with Crippen molar-refractivity contribution >= 4 is 23.3 Å². The predicted octanol–water partition coefficient (Wildman–Crippen LogP) is 2.03. The van der Waals surface area contributed by atoms with Gasteiger partial charge >= 0.3 is 5.97 Å². The third-order valence-corrected chi connectivity index (χ3v) is 5.03. The number of carbonyl (C=O) groups is 2. The van der Waals surface area contributed by atoms with Crippen molar-refractivity contribution in [1.82, 2.24) is 5.32 Å². The van der Waals surface area contributed by atoms with Gasteiger partial charge in [-0.15, -0.1) is 0 Å². The van der Waals surface area contributed by atoms with E-state index in [0.717, 1.165) is 12.8 Å². The molecular formula is C18H23N3O6. The molecule has 2 fully saturated rings. The molecule has 1 amide bonds. The van der Waals surface area contributed by atoms with E-state index in [0.29, 0.717) is 31.7 Å². The van der Waals surface area contributed by atoms with E-state index in [-0.39, 0.29) is 29.8 Å². The first-order valence-corrected chi connectivity index (χ1v) is 9.09. The van der Waals surface area contributed by atoms with Crippen molar-refractivity contribution in [3.05, 3.63) is 33.9 Å². The molecule has 1 saturated carbocycles. The molecule has 3 rings (SSSR count). The Morgan fingerprint density at radius 2 is 1.96 bits per heavy atom. The van der Waals surface area contributed by atoms with E-state index in [1.54, 1.807) is 0 Å². The van der Waals surface area contributed by atoms with Gasteiger partial charge in [-0.3, -0.25) is 19.7 Å². The number of hydrogen-bond acceptors (Lipinski definition) is 6. The van der Waals surface area contributed by atoms with E-state index in [9.17, 15) is 24.8 Å². The molecule has 1 heterocycles. The lowest BCUT2D eigenvalue weighted by atomic mass is 9.86. The number of carbonyl (C=O) groups excluding carboxylic acids is 1. The average molecular weight is 377 g/mol. The Morgan fingerprint density at radius 1 is 1.26 bits per heavy atom. The zero-order chi connectivity index (χ0) is 19.4. The van der Waals surface area contributed by atoms with Crippen LogP contribution in [0, 0.1) is 22.0 Å². The first-order chi connectivity index (χ1) is 13.0. The van der Waals surface area contributed by atoms with Crippen LogP contribution >= 0.6 is 0 Å². The number of hydrogen-bond donors (Lipinski definition) is 3. The number of aliphatic carboxylic acids is 1. The fourth-order valence-electron chi connectivity index (χ4n) is 3.27. The van der Waals surface area contributed by atoms with Gasteiger partial charge in [0.15, 0.2) is 0 Å². The number of carboxylic acid groups (broad SMARTS) is 1. The van der Waals surface area contributed by atoms with E-state index < -0.39 is 22.7 Å². The Bertz CT molecular complexity index is 728. The highest BCUT2D eigenvalue weighted by molar-refractivity contribution is 5.96. The van der Waals surface area contributed by atoms with Gasteiger partial charge in [0.05, 0.1) is 10.8 Å². The molecule has 1 saturated heterocycles. The van der Waals surface area contributed by atoms with Crippen LogP contribution in [0.1, 0.15) is 36.0 Å². The molecule has 27 heavy (non-hydrogen) atoms. The molecule has 2 aliphatic rings. The van der Waals surface area contributed by atoms with Crippen molar-refractivity contribution in [3.8, 4) is 0 Å². The largest absolute Gasteiger partial charge is 0.481 e. The van der Waals surface area contributed by atoms with Crippen LogP contribution in [0.4, 0.5) is 11.4 Å². The molecule has 9 heteroatoms. The highest BCUT2D eigenvalue weighted by atomic mass is 16.6. The van der Waals surface area contributed by atoms with E-state index in [1.807, 2.05) is 0 Å². The minimum atomic E-state index is -0.961. The minimum Gasteiger partial charge on any atom is -0.481 e. The van der Waals surface area contributed by atoms with Crippen LogP contribution in [0.2, 0.25) is 0 Å². The SMILES string of the molecule is O=C(NCC(C(=O)O)C1CCOCC1)c1ccc(NC2CC2)c([N+](=O)[O-])c1. The van der Waals surface area contributed by atoms with Crippen molar-refractivity contribution in [1.29, 1.82) is 0 Å². The molecule has 0 radical (unpaired) electrons. The van der Waals surface area contributed by atoms with Crippen molar-refractivity contribution in [2.75, 3.05) is 25.1 Å². The summed E-state index contributed by atoms with van der Waals surface area (Å²) in [5, 5.41) is 26.5. The molecule has 146 valence electrons. The first-order valence-electron chi connectivity index (χ1n) is 9.09. The fraction of sp³-hybridized carbons (Fsp3) is 0.556. The molecule has 1 aliphatic heterocycles. The monoisotopic (exact) mass is 377 g/mol. The van der Waals surface area contributed by atoms with Crippen LogP contribution < -0.4 is 10.6 Å². The second-order valence-corrected chi connectivity index (χ2v) is 7.01. The van der Waals surface area contributed by atoms with Crippen LogP contribution in [0.5, 0.6) is 0 Å². The zero-order valence-electron chi connectivity index (χ0n) is 14.8. The van der Waals surface area contributed by atoms with Crippen molar-refractivity contribution < 1.29 is 24.4 Å². The van der Waals surface area contributed by atoms with E-state index in [1.165, 1.54) is 18.2 Å². The molecule has 1 atom stereocenters. The number of rotatable bonds is 8. The predicted molar refractivity (Wildman–Crippen MR) is 96.7 cm³/mol. The summed E-state index contributed by atoms with van der Waals surface area (Å²) in [5.74, 6) is -2.24. The van der Waals surface area contributed by atoms with Crippen molar-refractivity contribution in [2.24, 2.45) is 11.8 Å². The van der Waals surface area contributed by atoms with Crippen LogP contribution in [0.3, 0.4) is 0 Å². The number of carboxylic acids is 1. The standard InChI is InChI=1S/C18H23N3O6/c22-17(19-10-14(18(23)24)11-5-7-27-8-6-11)12-1-4-15(20-13-2-3-13)16(9-12)21(25)26/h1,4,9,11,13-14,20H,2-3,5-8,10H2,(H,19,22)(H,23,24).